The highest BCUT2D eigenvalue weighted by atomic mass is 19.4. The van der Waals surface area contributed by atoms with Gasteiger partial charge in [-0.15, -0.1) is 0 Å². The lowest BCUT2D eigenvalue weighted by molar-refractivity contribution is -0.151. The van der Waals surface area contributed by atoms with Crippen molar-refractivity contribution >= 4 is 17.6 Å². The highest BCUT2D eigenvalue weighted by Gasteiger charge is 2.32. The van der Waals surface area contributed by atoms with E-state index < -0.39 is 34.5 Å². The van der Waals surface area contributed by atoms with Crippen molar-refractivity contribution < 1.29 is 22.7 Å². The lowest BCUT2D eigenvalue weighted by Crippen LogP contribution is -2.46. The van der Waals surface area contributed by atoms with Gasteiger partial charge in [0.2, 0.25) is 5.95 Å². The third kappa shape index (κ3) is 5.97. The molecular formula is C24H25F3N4O4. The van der Waals surface area contributed by atoms with Crippen molar-refractivity contribution in [1.82, 2.24) is 14.1 Å². The van der Waals surface area contributed by atoms with Gasteiger partial charge < -0.3 is 10.1 Å². The summed E-state index contributed by atoms with van der Waals surface area (Å²) in [6, 6.07) is 11.6. The fourth-order valence-electron chi connectivity index (χ4n) is 3.42. The first-order valence-corrected chi connectivity index (χ1v) is 10.6. The van der Waals surface area contributed by atoms with Gasteiger partial charge in [-0.3, -0.25) is 9.36 Å². The number of alkyl halides is 3. The van der Waals surface area contributed by atoms with Crippen molar-refractivity contribution in [3.8, 4) is 0 Å². The summed E-state index contributed by atoms with van der Waals surface area (Å²) in [5, 5.41) is 2.67. The molecule has 35 heavy (non-hydrogen) atoms. The van der Waals surface area contributed by atoms with Crippen LogP contribution in [0.5, 0.6) is 0 Å². The topological polar surface area (TPSA) is 95.2 Å². The van der Waals surface area contributed by atoms with Gasteiger partial charge in [-0.25, -0.2) is 14.2 Å². The van der Waals surface area contributed by atoms with E-state index in [-0.39, 0.29) is 24.7 Å². The van der Waals surface area contributed by atoms with Crippen LogP contribution >= 0.6 is 0 Å². The Hall–Kier alpha value is -3.89. The number of rotatable bonds is 7. The third-order valence-electron chi connectivity index (χ3n) is 5.35. The van der Waals surface area contributed by atoms with Crippen LogP contribution in [0.25, 0.3) is 0 Å². The summed E-state index contributed by atoms with van der Waals surface area (Å²) in [7, 11) is 1.20. The van der Waals surface area contributed by atoms with Crippen molar-refractivity contribution in [2.45, 2.75) is 40.0 Å². The Balaban J connectivity index is 2.12. The van der Waals surface area contributed by atoms with Crippen LogP contribution in [-0.4, -0.2) is 27.2 Å². The molecule has 0 saturated carbocycles. The maximum Gasteiger partial charge on any atom is 0.416 e. The van der Waals surface area contributed by atoms with E-state index in [1.54, 1.807) is 12.1 Å². The summed E-state index contributed by atoms with van der Waals surface area (Å²) < 4.78 is 46.2. The summed E-state index contributed by atoms with van der Waals surface area (Å²) >= 11 is 0. The molecule has 0 spiro atoms. The molecule has 0 atom stereocenters. The summed E-state index contributed by atoms with van der Waals surface area (Å²) in [5.41, 5.74) is -2.16. The molecule has 0 amide bonds. The normalized spacial score (nSPS) is 11.9. The molecule has 0 bridgehead atoms. The van der Waals surface area contributed by atoms with E-state index in [4.69, 9.17) is 4.74 Å². The van der Waals surface area contributed by atoms with Crippen LogP contribution in [-0.2, 0) is 28.8 Å². The number of carbonyl (C=O) groups excluding carboxylic acids is 1. The Morgan fingerprint density at radius 3 is 2.31 bits per heavy atom. The number of hydrogen-bond donors (Lipinski definition) is 1. The standard InChI is InChI=1S/C24H25F3N4O4/c1-15-8-10-16(11-9-15)13-30-20(28-18-7-5-6-17(12-18)24(25,26)27)29-21(33)31(22(30)34)14-23(2,3)19(32)35-4/h5-12H,13-14H2,1-4H3,(H,28,29,33). The predicted octanol–water partition coefficient (Wildman–Crippen LogP) is 3.72. The number of methoxy groups -OCH3 is 1. The third-order valence-corrected chi connectivity index (χ3v) is 5.35. The molecule has 1 N–H and O–H groups in total. The SMILES string of the molecule is COC(=O)C(C)(C)Cn1c(=O)nc(Nc2cccc(C(F)(F)F)c2)n(Cc2ccc(C)cc2)c1=O. The first-order chi connectivity index (χ1) is 16.3. The van der Waals surface area contributed by atoms with E-state index >= 15 is 0 Å². The van der Waals surface area contributed by atoms with Crippen LogP contribution < -0.4 is 16.7 Å². The second kappa shape index (κ2) is 9.77. The fraction of sp³-hybridized carbons (Fsp3) is 0.333. The number of nitrogens with one attached hydrogen (secondary N) is 1. The van der Waals surface area contributed by atoms with E-state index in [0.717, 1.165) is 26.8 Å². The van der Waals surface area contributed by atoms with Crippen LogP contribution in [0.15, 0.2) is 58.1 Å². The summed E-state index contributed by atoms with van der Waals surface area (Å²) in [6.45, 7) is 4.61. The number of nitrogens with zero attached hydrogens (tertiary/aromatic N) is 3. The van der Waals surface area contributed by atoms with E-state index in [1.165, 1.54) is 33.1 Å². The van der Waals surface area contributed by atoms with E-state index in [0.29, 0.717) is 5.56 Å². The summed E-state index contributed by atoms with van der Waals surface area (Å²) in [5.74, 6) is -0.855. The van der Waals surface area contributed by atoms with Crippen LogP contribution in [0.1, 0.15) is 30.5 Å². The molecule has 0 aliphatic heterocycles. The van der Waals surface area contributed by atoms with Crippen LogP contribution in [0, 0.1) is 12.3 Å². The molecule has 2 aromatic carbocycles. The minimum atomic E-state index is -4.57. The number of esters is 1. The van der Waals surface area contributed by atoms with Crippen LogP contribution in [0.2, 0.25) is 0 Å². The first kappa shape index (κ1) is 25.7. The highest BCUT2D eigenvalue weighted by molar-refractivity contribution is 5.75. The zero-order valence-corrected chi connectivity index (χ0v) is 19.6. The number of carbonyl (C=O) groups is 1. The fourth-order valence-corrected chi connectivity index (χ4v) is 3.42. The van der Waals surface area contributed by atoms with Gasteiger partial charge in [-0.1, -0.05) is 35.9 Å². The van der Waals surface area contributed by atoms with E-state index in [2.05, 4.69) is 10.3 Å². The lowest BCUT2D eigenvalue weighted by Gasteiger charge is -2.23. The highest BCUT2D eigenvalue weighted by Crippen LogP contribution is 2.31. The second-order valence-electron chi connectivity index (χ2n) is 8.74. The molecule has 0 saturated heterocycles. The number of hydrogen-bond acceptors (Lipinski definition) is 6. The van der Waals surface area contributed by atoms with Gasteiger partial charge in [0.1, 0.15) is 0 Å². The average Bonchev–Trinajstić information content (AvgIpc) is 2.79. The molecule has 11 heteroatoms. The second-order valence-corrected chi connectivity index (χ2v) is 8.74. The van der Waals surface area contributed by atoms with Crippen LogP contribution in [0.4, 0.5) is 24.8 Å². The minimum Gasteiger partial charge on any atom is -0.469 e. The molecule has 1 heterocycles. The maximum atomic E-state index is 13.4. The molecule has 8 nitrogen and oxygen atoms in total. The molecule has 0 aliphatic rings. The van der Waals surface area contributed by atoms with Crippen LogP contribution in [0.3, 0.4) is 0 Å². The molecule has 3 rings (SSSR count). The van der Waals surface area contributed by atoms with Crippen molar-refractivity contribution in [2.24, 2.45) is 5.41 Å². The van der Waals surface area contributed by atoms with Crippen molar-refractivity contribution in [2.75, 3.05) is 12.4 Å². The minimum absolute atomic E-state index is 0.00331. The first-order valence-electron chi connectivity index (χ1n) is 10.6. The predicted molar refractivity (Wildman–Crippen MR) is 124 cm³/mol. The Bertz CT molecular complexity index is 1340. The van der Waals surface area contributed by atoms with Crippen molar-refractivity contribution in [3.63, 3.8) is 0 Å². The van der Waals surface area contributed by atoms with Gasteiger partial charge in [0, 0.05) is 12.2 Å². The van der Waals surface area contributed by atoms with Gasteiger partial charge >= 0.3 is 23.5 Å². The summed E-state index contributed by atoms with van der Waals surface area (Å²) in [4.78, 5) is 42.2. The Morgan fingerprint density at radius 1 is 1.06 bits per heavy atom. The van der Waals surface area contributed by atoms with E-state index in [9.17, 15) is 27.6 Å². The molecule has 0 unspecified atom stereocenters. The Morgan fingerprint density at radius 2 is 1.71 bits per heavy atom. The number of ether oxygens (including phenoxy) is 1. The lowest BCUT2D eigenvalue weighted by atomic mass is 9.94. The maximum absolute atomic E-state index is 13.4. The Labute approximate surface area is 199 Å². The monoisotopic (exact) mass is 490 g/mol. The largest absolute Gasteiger partial charge is 0.469 e. The zero-order chi connectivity index (χ0) is 26.0. The molecule has 0 fully saturated rings. The van der Waals surface area contributed by atoms with Crippen molar-refractivity contribution in [3.05, 3.63) is 86.2 Å². The smallest absolute Gasteiger partial charge is 0.416 e. The van der Waals surface area contributed by atoms with E-state index in [1.807, 2.05) is 19.1 Å². The molecule has 0 aliphatic carbocycles. The number of aromatic nitrogens is 3. The quantitative estimate of drug-likeness (QED) is 0.508. The average molecular weight is 490 g/mol. The Kier molecular flexibility index (Phi) is 7.18. The molecule has 1 aromatic heterocycles. The number of benzene rings is 2. The number of anilines is 2. The van der Waals surface area contributed by atoms with Gasteiger partial charge in [0.25, 0.3) is 0 Å². The molecule has 3 aromatic rings. The van der Waals surface area contributed by atoms with Gasteiger partial charge in [-0.2, -0.15) is 18.2 Å². The van der Waals surface area contributed by atoms with Crippen molar-refractivity contribution in [1.29, 1.82) is 0 Å². The molecule has 0 radical (unpaired) electrons. The molecular weight excluding hydrogens is 465 g/mol. The van der Waals surface area contributed by atoms with Gasteiger partial charge in [0.15, 0.2) is 0 Å². The van der Waals surface area contributed by atoms with Gasteiger partial charge in [-0.05, 0) is 44.5 Å². The number of aryl methyl sites for hydroxylation is 1. The summed E-state index contributed by atoms with van der Waals surface area (Å²) in [6.07, 6.45) is -4.57. The number of halogens is 3. The zero-order valence-electron chi connectivity index (χ0n) is 19.6. The van der Waals surface area contributed by atoms with Gasteiger partial charge in [0.05, 0.1) is 24.6 Å². The molecule has 186 valence electrons.